The lowest BCUT2D eigenvalue weighted by Crippen LogP contribution is -2.07. The van der Waals surface area contributed by atoms with Crippen molar-refractivity contribution in [2.24, 2.45) is 0 Å². The van der Waals surface area contributed by atoms with Gasteiger partial charge in [0.15, 0.2) is 11.6 Å². The van der Waals surface area contributed by atoms with Crippen LogP contribution < -0.4 is 4.74 Å². The summed E-state index contributed by atoms with van der Waals surface area (Å²) in [5.41, 5.74) is 0.391. The van der Waals surface area contributed by atoms with Gasteiger partial charge < -0.3 is 14.6 Å². The average molecular weight is 336 g/mol. The molecule has 0 bridgehead atoms. The Bertz CT molecular complexity index is 716. The van der Waals surface area contributed by atoms with Crippen LogP contribution in [0.15, 0.2) is 36.4 Å². The highest BCUT2D eigenvalue weighted by atomic mass is 19.2. The van der Waals surface area contributed by atoms with Crippen LogP contribution in [0.25, 0.3) is 11.1 Å². The quantitative estimate of drug-likeness (QED) is 0.612. The van der Waals surface area contributed by atoms with Crippen molar-refractivity contribution >= 4 is 5.97 Å². The van der Waals surface area contributed by atoms with Gasteiger partial charge in [-0.2, -0.15) is 4.39 Å². The summed E-state index contributed by atoms with van der Waals surface area (Å²) in [5.74, 6) is -2.77. The zero-order valence-corrected chi connectivity index (χ0v) is 13.2. The number of ether oxygens (including phenoxy) is 2. The summed E-state index contributed by atoms with van der Waals surface area (Å²) in [5, 5.41) is 9.44. The maximum Gasteiger partial charge on any atom is 0.305 e. The van der Waals surface area contributed by atoms with Crippen molar-refractivity contribution in [2.45, 2.75) is 19.8 Å². The molecule has 0 aliphatic rings. The molecule has 0 radical (unpaired) electrons. The summed E-state index contributed by atoms with van der Waals surface area (Å²) in [4.78, 5) is 11.2. The Hall–Kier alpha value is -2.63. The van der Waals surface area contributed by atoms with E-state index < -0.39 is 11.6 Å². The van der Waals surface area contributed by atoms with Crippen LogP contribution in [-0.2, 0) is 9.53 Å². The number of rotatable bonds is 7. The summed E-state index contributed by atoms with van der Waals surface area (Å²) in [7, 11) is 0. The molecule has 4 nitrogen and oxygen atoms in total. The number of esters is 1. The van der Waals surface area contributed by atoms with Crippen LogP contribution in [0, 0.1) is 11.6 Å². The third kappa shape index (κ3) is 4.44. The van der Waals surface area contributed by atoms with E-state index in [0.29, 0.717) is 18.6 Å². The Kier molecular flexibility index (Phi) is 6.12. The van der Waals surface area contributed by atoms with Crippen molar-refractivity contribution in [1.82, 2.24) is 0 Å². The van der Waals surface area contributed by atoms with Gasteiger partial charge in [-0.3, -0.25) is 4.79 Å². The number of phenolic OH excluding ortho intramolecular Hbond substituents is 1. The predicted molar refractivity (Wildman–Crippen MR) is 84.8 cm³/mol. The molecule has 0 heterocycles. The Labute approximate surface area is 138 Å². The zero-order chi connectivity index (χ0) is 17.5. The lowest BCUT2D eigenvalue weighted by atomic mass is 10.0. The van der Waals surface area contributed by atoms with Crippen LogP contribution in [0.3, 0.4) is 0 Å². The first-order chi connectivity index (χ1) is 11.5. The van der Waals surface area contributed by atoms with Crippen LogP contribution in [0.1, 0.15) is 19.8 Å². The van der Waals surface area contributed by atoms with Crippen LogP contribution in [-0.4, -0.2) is 24.3 Å². The van der Waals surface area contributed by atoms with Crippen LogP contribution in [0.5, 0.6) is 11.5 Å². The second-order valence-corrected chi connectivity index (χ2v) is 5.05. The SMILES string of the molecule is CCOC(=O)CCCOc1ccc(-c2cccc(O)c2)c(F)c1F. The molecule has 0 aliphatic carbocycles. The third-order valence-corrected chi connectivity index (χ3v) is 3.29. The zero-order valence-electron chi connectivity index (χ0n) is 13.2. The van der Waals surface area contributed by atoms with Gasteiger partial charge in [-0.25, -0.2) is 4.39 Å². The van der Waals surface area contributed by atoms with Gasteiger partial charge in [0, 0.05) is 12.0 Å². The van der Waals surface area contributed by atoms with E-state index in [2.05, 4.69) is 0 Å². The molecule has 0 spiro atoms. The fourth-order valence-corrected chi connectivity index (χ4v) is 2.17. The van der Waals surface area contributed by atoms with E-state index in [-0.39, 0.29) is 36.1 Å². The minimum Gasteiger partial charge on any atom is -0.508 e. The molecular weight excluding hydrogens is 318 g/mol. The highest BCUT2D eigenvalue weighted by Crippen LogP contribution is 2.31. The summed E-state index contributed by atoms with van der Waals surface area (Å²) in [6.07, 6.45) is 0.494. The fraction of sp³-hybridized carbons (Fsp3) is 0.278. The number of aromatic hydroxyl groups is 1. The first kappa shape index (κ1) is 17.7. The van der Waals surface area contributed by atoms with E-state index in [1.807, 2.05) is 0 Å². The summed E-state index contributed by atoms with van der Waals surface area (Å²) in [6.45, 7) is 2.08. The third-order valence-electron chi connectivity index (χ3n) is 3.29. The van der Waals surface area contributed by atoms with Gasteiger partial charge in [0.2, 0.25) is 5.82 Å². The molecule has 0 saturated carbocycles. The van der Waals surface area contributed by atoms with Gasteiger partial charge >= 0.3 is 5.97 Å². The van der Waals surface area contributed by atoms with Gasteiger partial charge in [0.05, 0.1) is 13.2 Å². The first-order valence-corrected chi connectivity index (χ1v) is 7.58. The van der Waals surface area contributed by atoms with E-state index in [9.17, 15) is 18.7 Å². The van der Waals surface area contributed by atoms with E-state index >= 15 is 0 Å². The van der Waals surface area contributed by atoms with Crippen molar-refractivity contribution in [3.8, 4) is 22.6 Å². The molecule has 0 unspecified atom stereocenters. The van der Waals surface area contributed by atoms with Crippen molar-refractivity contribution in [2.75, 3.05) is 13.2 Å². The first-order valence-electron chi connectivity index (χ1n) is 7.58. The number of benzene rings is 2. The smallest absolute Gasteiger partial charge is 0.305 e. The van der Waals surface area contributed by atoms with Gasteiger partial charge in [-0.05, 0) is 43.2 Å². The highest BCUT2D eigenvalue weighted by molar-refractivity contribution is 5.69. The second kappa shape index (κ2) is 8.29. The summed E-state index contributed by atoms with van der Waals surface area (Å²) in [6, 6.07) is 8.60. The van der Waals surface area contributed by atoms with Gasteiger partial charge in [0.25, 0.3) is 0 Å². The minimum absolute atomic E-state index is 0.0299. The van der Waals surface area contributed by atoms with Crippen molar-refractivity contribution < 1.29 is 28.2 Å². The van der Waals surface area contributed by atoms with E-state index in [4.69, 9.17) is 9.47 Å². The maximum absolute atomic E-state index is 14.2. The Balaban J connectivity index is 2.03. The minimum atomic E-state index is -1.10. The van der Waals surface area contributed by atoms with Gasteiger partial charge in [0.1, 0.15) is 5.75 Å². The standard InChI is InChI=1S/C18H18F2O4/c1-2-23-16(22)7-4-10-24-15-9-8-14(17(19)18(15)20)12-5-3-6-13(21)11-12/h3,5-6,8-9,11,21H,2,4,7,10H2,1H3. The monoisotopic (exact) mass is 336 g/mol. The second-order valence-electron chi connectivity index (χ2n) is 5.05. The van der Waals surface area contributed by atoms with Crippen LogP contribution in [0.4, 0.5) is 8.78 Å². The molecule has 24 heavy (non-hydrogen) atoms. The molecular formula is C18H18F2O4. The van der Waals surface area contributed by atoms with E-state index in [1.165, 1.54) is 24.3 Å². The molecule has 0 atom stereocenters. The van der Waals surface area contributed by atoms with Crippen LogP contribution >= 0.6 is 0 Å². The number of carbonyl (C=O) groups is 1. The van der Waals surface area contributed by atoms with Crippen LogP contribution in [0.2, 0.25) is 0 Å². The van der Waals surface area contributed by atoms with E-state index in [0.717, 1.165) is 0 Å². The average Bonchev–Trinajstić information content (AvgIpc) is 2.55. The lowest BCUT2D eigenvalue weighted by Gasteiger charge is -2.10. The Morgan fingerprint density at radius 1 is 1.17 bits per heavy atom. The van der Waals surface area contributed by atoms with Gasteiger partial charge in [-0.1, -0.05) is 12.1 Å². The molecule has 1 N–H and O–H groups in total. The molecule has 2 aromatic rings. The van der Waals surface area contributed by atoms with Crippen molar-refractivity contribution in [3.63, 3.8) is 0 Å². The molecule has 0 fully saturated rings. The number of hydrogen-bond donors (Lipinski definition) is 1. The molecule has 0 saturated heterocycles. The normalized spacial score (nSPS) is 10.5. The van der Waals surface area contributed by atoms with Crippen molar-refractivity contribution in [3.05, 3.63) is 48.0 Å². The molecule has 2 aromatic carbocycles. The summed E-state index contributed by atoms with van der Waals surface area (Å²) >= 11 is 0. The number of halogens is 2. The topological polar surface area (TPSA) is 55.8 Å². The number of carbonyl (C=O) groups excluding carboxylic acids is 1. The van der Waals surface area contributed by atoms with Crippen molar-refractivity contribution in [1.29, 1.82) is 0 Å². The summed E-state index contributed by atoms with van der Waals surface area (Å²) < 4.78 is 38.3. The van der Waals surface area contributed by atoms with Gasteiger partial charge in [-0.15, -0.1) is 0 Å². The Morgan fingerprint density at radius 2 is 1.96 bits per heavy atom. The maximum atomic E-state index is 14.2. The molecule has 0 amide bonds. The molecule has 2 rings (SSSR count). The molecule has 0 aromatic heterocycles. The highest BCUT2D eigenvalue weighted by Gasteiger charge is 2.16. The predicted octanol–water partition coefficient (Wildman–Crippen LogP) is 4.06. The largest absolute Gasteiger partial charge is 0.508 e. The number of phenols is 1. The molecule has 0 aliphatic heterocycles. The molecule has 128 valence electrons. The fourth-order valence-electron chi connectivity index (χ4n) is 2.17. The lowest BCUT2D eigenvalue weighted by molar-refractivity contribution is -0.143. The Morgan fingerprint density at radius 3 is 2.67 bits per heavy atom. The number of hydrogen-bond acceptors (Lipinski definition) is 4. The van der Waals surface area contributed by atoms with E-state index in [1.54, 1.807) is 19.1 Å². The molecule has 6 heteroatoms.